The van der Waals surface area contributed by atoms with Crippen LogP contribution in [-0.2, 0) is 12.0 Å². The molecule has 3 heteroatoms. The van der Waals surface area contributed by atoms with Crippen LogP contribution in [0.2, 0.25) is 0 Å². The van der Waals surface area contributed by atoms with Crippen molar-refractivity contribution < 1.29 is 4.74 Å². The summed E-state index contributed by atoms with van der Waals surface area (Å²) in [6.45, 7) is 5.91. The van der Waals surface area contributed by atoms with Crippen LogP contribution in [0.3, 0.4) is 0 Å². The molecule has 1 atom stereocenters. The Kier molecular flexibility index (Phi) is 3.42. The van der Waals surface area contributed by atoms with Crippen LogP contribution >= 0.6 is 0 Å². The van der Waals surface area contributed by atoms with E-state index in [2.05, 4.69) is 24.2 Å². The van der Waals surface area contributed by atoms with E-state index in [4.69, 9.17) is 4.74 Å². The Morgan fingerprint density at radius 2 is 2.11 bits per heavy atom. The molecule has 0 spiro atoms. The minimum Gasteiger partial charge on any atom is -0.496 e. The molecule has 0 amide bonds. The third-order valence-electron chi connectivity index (χ3n) is 3.96. The number of aryl methyl sites for hydroxylation is 1. The Hall–Kier alpha value is -1.38. The standard InChI is InChI=1S/C15H21NO2/c1-10-6-5-7-11-8-13(15(2,3)16-17)14(18-4)9-12(10)11/h8-10H,5-7H2,1-4H3. The third kappa shape index (κ3) is 2.14. The average Bonchev–Trinajstić information content (AvgIpc) is 2.38. The van der Waals surface area contributed by atoms with Crippen LogP contribution in [0.4, 0.5) is 0 Å². The van der Waals surface area contributed by atoms with E-state index in [1.807, 2.05) is 13.8 Å². The zero-order valence-electron chi connectivity index (χ0n) is 11.6. The number of hydrogen-bond acceptors (Lipinski definition) is 3. The van der Waals surface area contributed by atoms with Gasteiger partial charge in [-0.3, -0.25) is 0 Å². The van der Waals surface area contributed by atoms with E-state index in [9.17, 15) is 4.91 Å². The number of nitrogens with zero attached hydrogens (tertiary/aromatic N) is 1. The quantitative estimate of drug-likeness (QED) is 0.753. The van der Waals surface area contributed by atoms with Crippen LogP contribution in [0.1, 0.15) is 56.2 Å². The number of ether oxygens (including phenoxy) is 1. The molecule has 0 aromatic heterocycles. The Morgan fingerprint density at radius 1 is 1.39 bits per heavy atom. The first-order chi connectivity index (χ1) is 8.49. The van der Waals surface area contributed by atoms with E-state index in [1.165, 1.54) is 24.0 Å². The van der Waals surface area contributed by atoms with Crippen molar-refractivity contribution >= 4 is 0 Å². The minimum atomic E-state index is -0.735. The highest BCUT2D eigenvalue weighted by molar-refractivity contribution is 5.48. The van der Waals surface area contributed by atoms with Crippen molar-refractivity contribution in [3.8, 4) is 5.75 Å². The summed E-state index contributed by atoms with van der Waals surface area (Å²) in [5.41, 5.74) is 2.87. The summed E-state index contributed by atoms with van der Waals surface area (Å²) in [6, 6.07) is 4.21. The zero-order chi connectivity index (χ0) is 13.3. The molecule has 0 aliphatic heterocycles. The van der Waals surface area contributed by atoms with Gasteiger partial charge in [0.25, 0.3) is 0 Å². The molecular formula is C15H21NO2. The normalized spacial score (nSPS) is 19.2. The zero-order valence-corrected chi connectivity index (χ0v) is 11.6. The molecule has 1 aromatic rings. The smallest absolute Gasteiger partial charge is 0.125 e. The molecule has 0 N–H and O–H groups in total. The maximum Gasteiger partial charge on any atom is 0.125 e. The lowest BCUT2D eigenvalue weighted by Gasteiger charge is -2.27. The molecule has 98 valence electrons. The summed E-state index contributed by atoms with van der Waals surface area (Å²) >= 11 is 0. The molecule has 1 aromatic carbocycles. The molecule has 0 bridgehead atoms. The van der Waals surface area contributed by atoms with E-state index >= 15 is 0 Å². The van der Waals surface area contributed by atoms with Gasteiger partial charge in [0, 0.05) is 5.56 Å². The van der Waals surface area contributed by atoms with Crippen LogP contribution in [0.15, 0.2) is 17.3 Å². The van der Waals surface area contributed by atoms with Crippen molar-refractivity contribution in [1.29, 1.82) is 0 Å². The van der Waals surface area contributed by atoms with Crippen molar-refractivity contribution in [3.63, 3.8) is 0 Å². The van der Waals surface area contributed by atoms with Gasteiger partial charge in [0.15, 0.2) is 0 Å². The maximum atomic E-state index is 11.0. The molecule has 1 aliphatic carbocycles. The fourth-order valence-electron chi connectivity index (χ4n) is 2.77. The van der Waals surface area contributed by atoms with E-state index in [0.29, 0.717) is 5.92 Å². The predicted molar refractivity (Wildman–Crippen MR) is 73.2 cm³/mol. The highest BCUT2D eigenvalue weighted by atomic mass is 16.5. The fraction of sp³-hybridized carbons (Fsp3) is 0.600. The van der Waals surface area contributed by atoms with Crippen LogP contribution in [-0.4, -0.2) is 7.11 Å². The second kappa shape index (κ2) is 4.71. The summed E-state index contributed by atoms with van der Waals surface area (Å²) in [5, 5.41) is 3.24. The molecule has 3 nitrogen and oxygen atoms in total. The van der Waals surface area contributed by atoms with Gasteiger partial charge in [-0.25, -0.2) is 0 Å². The van der Waals surface area contributed by atoms with E-state index < -0.39 is 5.54 Å². The third-order valence-corrected chi connectivity index (χ3v) is 3.96. The molecule has 1 aliphatic rings. The van der Waals surface area contributed by atoms with Crippen LogP contribution < -0.4 is 4.74 Å². The van der Waals surface area contributed by atoms with Gasteiger partial charge in [0.2, 0.25) is 0 Å². The molecule has 0 radical (unpaired) electrons. The molecule has 1 unspecified atom stereocenters. The summed E-state index contributed by atoms with van der Waals surface area (Å²) < 4.78 is 5.45. The van der Waals surface area contributed by atoms with Crippen molar-refractivity contribution in [2.75, 3.05) is 7.11 Å². The first kappa shape index (κ1) is 13.1. The SMILES string of the molecule is COc1cc2c(cc1C(C)(C)N=O)CCCC2C. The van der Waals surface area contributed by atoms with Gasteiger partial charge >= 0.3 is 0 Å². The molecule has 0 fully saturated rings. The van der Waals surface area contributed by atoms with Gasteiger partial charge in [-0.15, -0.1) is 4.91 Å². The van der Waals surface area contributed by atoms with Crippen molar-refractivity contribution in [2.45, 2.75) is 51.5 Å². The first-order valence-corrected chi connectivity index (χ1v) is 6.55. The van der Waals surface area contributed by atoms with Gasteiger partial charge in [0.1, 0.15) is 11.3 Å². The number of rotatable bonds is 3. The van der Waals surface area contributed by atoms with E-state index in [0.717, 1.165) is 17.7 Å². The predicted octanol–water partition coefficient (Wildman–Crippen LogP) is 4.14. The summed E-state index contributed by atoms with van der Waals surface area (Å²) in [4.78, 5) is 11.0. The van der Waals surface area contributed by atoms with Crippen molar-refractivity contribution in [1.82, 2.24) is 0 Å². The number of fused-ring (bicyclic) bond motifs is 1. The van der Waals surface area contributed by atoms with Gasteiger partial charge in [-0.2, -0.15) is 0 Å². The summed E-state index contributed by atoms with van der Waals surface area (Å²) in [6.07, 6.45) is 3.53. The average molecular weight is 247 g/mol. The van der Waals surface area contributed by atoms with Gasteiger partial charge < -0.3 is 4.74 Å². The largest absolute Gasteiger partial charge is 0.496 e. The number of methoxy groups -OCH3 is 1. The van der Waals surface area contributed by atoms with Gasteiger partial charge in [0.05, 0.1) is 7.11 Å². The van der Waals surface area contributed by atoms with Crippen LogP contribution in [0.25, 0.3) is 0 Å². The van der Waals surface area contributed by atoms with Crippen molar-refractivity contribution in [3.05, 3.63) is 33.7 Å². The van der Waals surface area contributed by atoms with Crippen LogP contribution in [0, 0.1) is 4.91 Å². The monoisotopic (exact) mass is 247 g/mol. The second-order valence-electron chi connectivity index (χ2n) is 5.69. The lowest BCUT2D eigenvalue weighted by molar-refractivity contribution is 0.392. The highest BCUT2D eigenvalue weighted by Gasteiger charge is 2.28. The molecule has 0 saturated heterocycles. The highest BCUT2D eigenvalue weighted by Crippen LogP contribution is 2.40. The Labute approximate surface area is 109 Å². The summed E-state index contributed by atoms with van der Waals surface area (Å²) in [5.74, 6) is 1.36. The molecule has 0 saturated carbocycles. The second-order valence-corrected chi connectivity index (χ2v) is 5.69. The van der Waals surface area contributed by atoms with E-state index in [1.54, 1.807) is 7.11 Å². The lowest BCUT2D eigenvalue weighted by atomic mass is 9.80. The Bertz CT molecular complexity index is 466. The topological polar surface area (TPSA) is 38.7 Å². The van der Waals surface area contributed by atoms with Crippen LogP contribution in [0.5, 0.6) is 5.75 Å². The van der Waals surface area contributed by atoms with Gasteiger partial charge in [-0.1, -0.05) is 12.1 Å². The molecule has 0 heterocycles. The first-order valence-electron chi connectivity index (χ1n) is 6.55. The lowest BCUT2D eigenvalue weighted by Crippen LogP contribution is -2.17. The molecular weight excluding hydrogens is 226 g/mol. The number of nitroso groups, excluding NO2 is 1. The number of benzene rings is 1. The summed E-state index contributed by atoms with van der Waals surface area (Å²) in [7, 11) is 1.65. The fourth-order valence-corrected chi connectivity index (χ4v) is 2.77. The minimum absolute atomic E-state index is 0.573. The van der Waals surface area contributed by atoms with Crippen molar-refractivity contribution in [2.24, 2.45) is 5.18 Å². The molecule has 2 rings (SSSR count). The van der Waals surface area contributed by atoms with Gasteiger partial charge in [-0.05, 0) is 62.3 Å². The number of hydrogen-bond donors (Lipinski definition) is 0. The molecule has 18 heavy (non-hydrogen) atoms. The Balaban J connectivity index is 2.58. The van der Waals surface area contributed by atoms with E-state index in [-0.39, 0.29) is 0 Å². The Morgan fingerprint density at radius 3 is 2.72 bits per heavy atom. The maximum absolute atomic E-state index is 11.0.